The van der Waals surface area contributed by atoms with Crippen LogP contribution in [0, 0.1) is 5.82 Å². The molecule has 2 aromatic carbocycles. The number of hydrogen-bond acceptors (Lipinski definition) is 3. The van der Waals surface area contributed by atoms with E-state index in [1.807, 2.05) is 23.1 Å². The summed E-state index contributed by atoms with van der Waals surface area (Å²) in [7, 11) is 0. The normalized spacial score (nSPS) is 15.3. The van der Waals surface area contributed by atoms with Crippen LogP contribution in [0.25, 0.3) is 0 Å². The molecule has 1 aliphatic heterocycles. The summed E-state index contributed by atoms with van der Waals surface area (Å²) in [4.78, 5) is 31.5. The van der Waals surface area contributed by atoms with E-state index in [4.69, 9.17) is 0 Å². The molecule has 0 saturated heterocycles. The van der Waals surface area contributed by atoms with Crippen LogP contribution in [0.3, 0.4) is 0 Å². The van der Waals surface area contributed by atoms with Crippen molar-refractivity contribution in [3.05, 3.63) is 93.4 Å². The van der Waals surface area contributed by atoms with E-state index in [0.29, 0.717) is 18.7 Å². The first-order valence-electron chi connectivity index (χ1n) is 11.0. The van der Waals surface area contributed by atoms with Crippen molar-refractivity contribution < 1.29 is 14.0 Å². The molecule has 1 aliphatic rings. The highest BCUT2D eigenvalue weighted by molar-refractivity contribution is 7.10. The maximum absolute atomic E-state index is 13.6. The standard InChI is InChI=1S/C26H27FN2O2S/c1-2-3-15-28(26(31)20-9-11-21(27)12-10-20)18-24(30)29-16-13-23-22(14-17-32-23)25(29)19-7-5-4-6-8-19/h4-12,14,17,25H,2-3,13,15-16,18H2,1H3. The van der Waals surface area contributed by atoms with E-state index in [-0.39, 0.29) is 30.2 Å². The molecule has 0 N–H and O–H groups in total. The largest absolute Gasteiger partial charge is 0.330 e. The average Bonchev–Trinajstić information content (AvgIpc) is 3.30. The van der Waals surface area contributed by atoms with E-state index < -0.39 is 0 Å². The molecule has 0 fully saturated rings. The lowest BCUT2D eigenvalue weighted by atomic mass is 9.93. The van der Waals surface area contributed by atoms with Crippen LogP contribution in [-0.2, 0) is 11.2 Å². The third kappa shape index (κ3) is 4.75. The van der Waals surface area contributed by atoms with Crippen LogP contribution in [-0.4, -0.2) is 41.2 Å². The van der Waals surface area contributed by atoms with E-state index in [1.165, 1.54) is 34.7 Å². The summed E-state index contributed by atoms with van der Waals surface area (Å²) in [5.41, 5.74) is 2.64. The van der Waals surface area contributed by atoms with Gasteiger partial charge in [0.05, 0.1) is 6.04 Å². The van der Waals surface area contributed by atoms with Crippen molar-refractivity contribution >= 4 is 23.2 Å². The third-order valence-electron chi connectivity index (χ3n) is 5.89. The van der Waals surface area contributed by atoms with Gasteiger partial charge in [0.1, 0.15) is 12.4 Å². The molecule has 1 atom stereocenters. The van der Waals surface area contributed by atoms with Crippen molar-refractivity contribution in [3.63, 3.8) is 0 Å². The molecule has 1 unspecified atom stereocenters. The second-order valence-corrected chi connectivity index (χ2v) is 9.04. The fourth-order valence-corrected chi connectivity index (χ4v) is 5.11. The molecule has 0 saturated carbocycles. The number of rotatable bonds is 7. The lowest BCUT2D eigenvalue weighted by Crippen LogP contribution is -2.47. The molecule has 6 heteroatoms. The Morgan fingerprint density at radius 2 is 1.84 bits per heavy atom. The minimum atomic E-state index is -0.386. The zero-order chi connectivity index (χ0) is 22.5. The number of halogens is 1. The minimum Gasteiger partial charge on any atom is -0.330 e. The number of carbonyl (C=O) groups excluding carboxylic acids is 2. The summed E-state index contributed by atoms with van der Waals surface area (Å²) in [5.74, 6) is -0.693. The van der Waals surface area contributed by atoms with Crippen LogP contribution in [0.1, 0.15) is 52.2 Å². The van der Waals surface area contributed by atoms with E-state index >= 15 is 0 Å². The molecule has 166 valence electrons. The van der Waals surface area contributed by atoms with Gasteiger partial charge in [0, 0.05) is 23.5 Å². The molecule has 2 heterocycles. The zero-order valence-electron chi connectivity index (χ0n) is 18.2. The van der Waals surface area contributed by atoms with Gasteiger partial charge in [0.25, 0.3) is 5.91 Å². The van der Waals surface area contributed by atoms with E-state index in [1.54, 1.807) is 16.2 Å². The van der Waals surface area contributed by atoms with Crippen molar-refractivity contribution in [1.29, 1.82) is 0 Å². The molecule has 0 radical (unpaired) electrons. The van der Waals surface area contributed by atoms with Crippen LogP contribution in [0.5, 0.6) is 0 Å². The Hall–Kier alpha value is -2.99. The molecular weight excluding hydrogens is 423 g/mol. The van der Waals surface area contributed by atoms with E-state index in [2.05, 4.69) is 30.5 Å². The predicted molar refractivity (Wildman–Crippen MR) is 125 cm³/mol. The summed E-state index contributed by atoms with van der Waals surface area (Å²) >= 11 is 1.73. The van der Waals surface area contributed by atoms with Crippen LogP contribution in [0.15, 0.2) is 66.0 Å². The molecule has 0 aliphatic carbocycles. The summed E-state index contributed by atoms with van der Waals surface area (Å²) < 4.78 is 13.3. The van der Waals surface area contributed by atoms with E-state index in [9.17, 15) is 14.0 Å². The van der Waals surface area contributed by atoms with Crippen molar-refractivity contribution in [3.8, 4) is 0 Å². The maximum atomic E-state index is 13.6. The third-order valence-corrected chi connectivity index (χ3v) is 6.88. The molecule has 3 aromatic rings. The van der Waals surface area contributed by atoms with Gasteiger partial charge >= 0.3 is 0 Å². The number of nitrogens with zero attached hydrogens (tertiary/aromatic N) is 2. The molecule has 1 aromatic heterocycles. The summed E-state index contributed by atoms with van der Waals surface area (Å²) in [6.07, 6.45) is 2.54. The first-order valence-corrected chi connectivity index (χ1v) is 11.9. The van der Waals surface area contributed by atoms with Gasteiger partial charge in [-0.15, -0.1) is 11.3 Å². The van der Waals surface area contributed by atoms with E-state index in [0.717, 1.165) is 24.8 Å². The van der Waals surface area contributed by atoms with Crippen molar-refractivity contribution in [1.82, 2.24) is 9.80 Å². The van der Waals surface area contributed by atoms with Crippen molar-refractivity contribution in [2.45, 2.75) is 32.2 Å². The fraction of sp³-hybridized carbons (Fsp3) is 0.308. The number of benzene rings is 2. The highest BCUT2D eigenvalue weighted by atomic mass is 32.1. The number of thiophene rings is 1. The summed E-state index contributed by atoms with van der Waals surface area (Å²) in [6.45, 7) is 3.18. The van der Waals surface area contributed by atoms with Gasteiger partial charge in [0.15, 0.2) is 0 Å². The average molecular weight is 451 g/mol. The second kappa shape index (κ2) is 10.1. The summed E-state index contributed by atoms with van der Waals surface area (Å²) in [6, 6.07) is 17.5. The van der Waals surface area contributed by atoms with Crippen LogP contribution >= 0.6 is 11.3 Å². The Bertz CT molecular complexity index is 1060. The Labute approximate surface area is 192 Å². The molecular formula is C26H27FN2O2S. The molecule has 4 rings (SSSR count). The lowest BCUT2D eigenvalue weighted by Gasteiger charge is -2.37. The molecule has 0 bridgehead atoms. The smallest absolute Gasteiger partial charge is 0.254 e. The van der Waals surface area contributed by atoms with Gasteiger partial charge in [-0.2, -0.15) is 0 Å². The summed E-state index contributed by atoms with van der Waals surface area (Å²) in [5, 5.41) is 2.08. The van der Waals surface area contributed by atoms with Gasteiger partial charge in [-0.1, -0.05) is 43.7 Å². The molecule has 2 amide bonds. The Kier molecular flexibility index (Phi) is 7.00. The van der Waals surface area contributed by atoms with Crippen molar-refractivity contribution in [2.75, 3.05) is 19.6 Å². The quantitative estimate of drug-likeness (QED) is 0.490. The SMILES string of the molecule is CCCCN(CC(=O)N1CCc2sccc2C1c1ccccc1)C(=O)c1ccc(F)cc1. The number of unbranched alkanes of at least 4 members (excludes halogenated alkanes) is 1. The molecule has 4 nitrogen and oxygen atoms in total. The zero-order valence-corrected chi connectivity index (χ0v) is 19.0. The molecule has 0 spiro atoms. The lowest BCUT2D eigenvalue weighted by molar-refractivity contribution is -0.134. The van der Waals surface area contributed by atoms with Gasteiger partial charge in [-0.3, -0.25) is 9.59 Å². The second-order valence-electron chi connectivity index (χ2n) is 8.04. The van der Waals surface area contributed by atoms with Crippen molar-refractivity contribution in [2.24, 2.45) is 0 Å². The van der Waals surface area contributed by atoms with Crippen LogP contribution in [0.4, 0.5) is 4.39 Å². The van der Waals surface area contributed by atoms with Gasteiger partial charge in [0.2, 0.25) is 5.91 Å². The maximum Gasteiger partial charge on any atom is 0.254 e. The minimum absolute atomic E-state index is 0.0129. The van der Waals surface area contributed by atoms with Gasteiger partial charge in [-0.25, -0.2) is 4.39 Å². The highest BCUT2D eigenvalue weighted by Gasteiger charge is 2.33. The number of fused-ring (bicyclic) bond motifs is 1. The number of carbonyl (C=O) groups is 2. The fourth-order valence-electron chi connectivity index (χ4n) is 4.21. The topological polar surface area (TPSA) is 40.6 Å². The van der Waals surface area contributed by atoms with Gasteiger partial charge in [-0.05, 0) is 59.7 Å². The number of hydrogen-bond donors (Lipinski definition) is 0. The Balaban J connectivity index is 1.59. The van der Waals surface area contributed by atoms with Gasteiger partial charge < -0.3 is 9.80 Å². The van der Waals surface area contributed by atoms with Crippen LogP contribution in [0.2, 0.25) is 0 Å². The first kappa shape index (κ1) is 22.2. The predicted octanol–water partition coefficient (Wildman–Crippen LogP) is 5.30. The number of amides is 2. The Morgan fingerprint density at radius 3 is 2.56 bits per heavy atom. The molecule has 32 heavy (non-hydrogen) atoms. The first-order chi connectivity index (χ1) is 15.6. The highest BCUT2D eigenvalue weighted by Crippen LogP contribution is 2.37. The Morgan fingerprint density at radius 1 is 1.09 bits per heavy atom. The van der Waals surface area contributed by atoms with Crippen LogP contribution < -0.4 is 0 Å². The monoisotopic (exact) mass is 450 g/mol.